The van der Waals surface area contributed by atoms with Crippen molar-refractivity contribution in [1.82, 2.24) is 15.0 Å². The molecule has 1 fully saturated rings. The van der Waals surface area contributed by atoms with Gasteiger partial charge >= 0.3 is 0 Å². The first-order valence-electron chi connectivity index (χ1n) is 8.66. The maximum absolute atomic E-state index is 12.4. The third-order valence-corrected chi connectivity index (χ3v) is 6.10. The van der Waals surface area contributed by atoms with Crippen LogP contribution in [0.25, 0.3) is 10.6 Å². The maximum Gasteiger partial charge on any atom is 0.279 e. The molecule has 4 rings (SSSR count). The Balaban J connectivity index is 1.37. The van der Waals surface area contributed by atoms with Crippen molar-refractivity contribution in [3.8, 4) is 10.6 Å². The van der Waals surface area contributed by atoms with Gasteiger partial charge in [-0.15, -0.1) is 22.7 Å². The van der Waals surface area contributed by atoms with Crippen molar-refractivity contribution < 1.29 is 9.32 Å². The molecule has 1 aliphatic heterocycles. The standard InChI is InChI=1S/C18H20N4O2S2/c1-12-4-2-6-22(9-12)10-13-11-26-18(19-13)20-17(23)14-8-15(24-21-14)16-5-3-7-25-16/h3,5,7-8,11-12H,2,4,6,9-10H2,1H3,(H,19,20,23). The zero-order chi connectivity index (χ0) is 17.9. The van der Waals surface area contributed by atoms with Crippen LogP contribution < -0.4 is 5.32 Å². The first-order valence-corrected chi connectivity index (χ1v) is 10.4. The van der Waals surface area contributed by atoms with Gasteiger partial charge in [0.1, 0.15) is 0 Å². The SMILES string of the molecule is CC1CCCN(Cc2csc(NC(=O)c3cc(-c4cccs4)on3)n2)C1. The van der Waals surface area contributed by atoms with Gasteiger partial charge in [-0.25, -0.2) is 4.98 Å². The summed E-state index contributed by atoms with van der Waals surface area (Å²) in [6.45, 7) is 5.36. The summed E-state index contributed by atoms with van der Waals surface area (Å²) in [5, 5.41) is 11.2. The molecular weight excluding hydrogens is 368 g/mol. The van der Waals surface area contributed by atoms with Crippen molar-refractivity contribution in [1.29, 1.82) is 0 Å². The van der Waals surface area contributed by atoms with Crippen LogP contribution in [0.4, 0.5) is 5.13 Å². The highest BCUT2D eigenvalue weighted by Crippen LogP contribution is 2.26. The average molecular weight is 389 g/mol. The molecule has 1 amide bonds. The van der Waals surface area contributed by atoms with E-state index in [0.29, 0.717) is 10.9 Å². The number of likely N-dealkylation sites (tertiary alicyclic amines) is 1. The van der Waals surface area contributed by atoms with Gasteiger partial charge in [-0.3, -0.25) is 15.0 Å². The van der Waals surface area contributed by atoms with E-state index in [1.807, 2.05) is 22.9 Å². The van der Waals surface area contributed by atoms with Gasteiger partial charge in [0.25, 0.3) is 5.91 Å². The zero-order valence-corrected chi connectivity index (χ0v) is 16.1. The van der Waals surface area contributed by atoms with Crippen molar-refractivity contribution in [3.63, 3.8) is 0 Å². The Morgan fingerprint density at radius 1 is 1.46 bits per heavy atom. The molecule has 8 heteroatoms. The number of carbonyl (C=O) groups is 1. The average Bonchev–Trinajstić information content (AvgIpc) is 3.36. The normalized spacial score (nSPS) is 18.1. The first kappa shape index (κ1) is 17.4. The quantitative estimate of drug-likeness (QED) is 0.704. The molecule has 0 radical (unpaired) electrons. The van der Waals surface area contributed by atoms with E-state index in [4.69, 9.17) is 4.52 Å². The number of nitrogens with zero attached hydrogens (tertiary/aromatic N) is 3. The number of thiophene rings is 1. The Hall–Kier alpha value is -2.03. The lowest BCUT2D eigenvalue weighted by atomic mass is 10.0. The third-order valence-electron chi connectivity index (χ3n) is 4.41. The summed E-state index contributed by atoms with van der Waals surface area (Å²) in [5.41, 5.74) is 1.26. The number of amides is 1. The fourth-order valence-corrected chi connectivity index (χ4v) is 4.54. The number of aromatic nitrogens is 2. The van der Waals surface area contributed by atoms with Crippen molar-refractivity contribution in [2.75, 3.05) is 18.4 Å². The summed E-state index contributed by atoms with van der Waals surface area (Å²) in [6, 6.07) is 5.52. The summed E-state index contributed by atoms with van der Waals surface area (Å²) in [7, 11) is 0. The molecule has 1 unspecified atom stereocenters. The van der Waals surface area contributed by atoms with E-state index in [1.165, 1.54) is 24.2 Å². The number of carbonyl (C=O) groups excluding carboxylic acids is 1. The number of nitrogens with one attached hydrogen (secondary N) is 1. The van der Waals surface area contributed by atoms with E-state index in [1.54, 1.807) is 17.4 Å². The second kappa shape index (κ2) is 7.69. The maximum atomic E-state index is 12.4. The molecule has 1 aliphatic rings. The third kappa shape index (κ3) is 4.03. The van der Waals surface area contributed by atoms with Gasteiger partial charge in [0.05, 0.1) is 10.6 Å². The van der Waals surface area contributed by atoms with Gasteiger partial charge < -0.3 is 4.52 Å². The Kier molecular flexibility index (Phi) is 5.14. The molecule has 6 nitrogen and oxygen atoms in total. The number of hydrogen-bond acceptors (Lipinski definition) is 7. The smallest absolute Gasteiger partial charge is 0.279 e. The van der Waals surface area contributed by atoms with Crippen LogP contribution in [-0.4, -0.2) is 34.0 Å². The molecule has 3 aromatic rings. The summed E-state index contributed by atoms with van der Waals surface area (Å²) < 4.78 is 5.26. The van der Waals surface area contributed by atoms with Crippen LogP contribution in [0.15, 0.2) is 33.5 Å². The Morgan fingerprint density at radius 3 is 3.19 bits per heavy atom. The van der Waals surface area contributed by atoms with Crippen LogP contribution in [0, 0.1) is 5.92 Å². The fourth-order valence-electron chi connectivity index (χ4n) is 3.17. The Labute approximate surface area is 159 Å². The molecule has 3 aromatic heterocycles. The van der Waals surface area contributed by atoms with Crippen LogP contribution in [-0.2, 0) is 6.54 Å². The molecule has 4 heterocycles. The molecule has 0 spiro atoms. The largest absolute Gasteiger partial charge is 0.355 e. The topological polar surface area (TPSA) is 71.3 Å². The number of rotatable bonds is 5. The molecule has 26 heavy (non-hydrogen) atoms. The minimum absolute atomic E-state index is 0.259. The molecule has 1 N–H and O–H groups in total. The summed E-state index contributed by atoms with van der Waals surface area (Å²) in [5.74, 6) is 1.04. The molecule has 0 saturated carbocycles. The van der Waals surface area contributed by atoms with E-state index < -0.39 is 0 Å². The zero-order valence-electron chi connectivity index (χ0n) is 14.5. The highest BCUT2D eigenvalue weighted by molar-refractivity contribution is 7.14. The van der Waals surface area contributed by atoms with Gasteiger partial charge in [-0.1, -0.05) is 18.1 Å². The highest BCUT2D eigenvalue weighted by Gasteiger charge is 2.19. The van der Waals surface area contributed by atoms with E-state index in [9.17, 15) is 4.79 Å². The molecule has 0 bridgehead atoms. The molecule has 0 aromatic carbocycles. The summed E-state index contributed by atoms with van der Waals surface area (Å²) in [4.78, 5) is 20.3. The number of piperidine rings is 1. The highest BCUT2D eigenvalue weighted by atomic mass is 32.1. The van der Waals surface area contributed by atoms with Crippen molar-refractivity contribution >= 4 is 33.7 Å². The number of hydrogen-bond donors (Lipinski definition) is 1. The second-order valence-corrected chi connectivity index (χ2v) is 8.44. The van der Waals surface area contributed by atoms with Crippen LogP contribution in [0.1, 0.15) is 35.9 Å². The molecule has 0 aliphatic carbocycles. The van der Waals surface area contributed by atoms with Crippen molar-refractivity contribution in [3.05, 3.63) is 40.3 Å². The van der Waals surface area contributed by atoms with Gasteiger partial charge in [-0.05, 0) is 36.8 Å². The van der Waals surface area contributed by atoms with Crippen molar-refractivity contribution in [2.45, 2.75) is 26.3 Å². The minimum Gasteiger partial charge on any atom is -0.355 e. The number of anilines is 1. The van der Waals surface area contributed by atoms with Gasteiger partial charge in [-0.2, -0.15) is 0 Å². The van der Waals surface area contributed by atoms with Gasteiger partial charge in [0, 0.05) is 24.5 Å². The van der Waals surface area contributed by atoms with Gasteiger partial charge in [0.15, 0.2) is 16.6 Å². The van der Waals surface area contributed by atoms with Crippen molar-refractivity contribution in [2.24, 2.45) is 5.92 Å². The van der Waals surface area contributed by atoms with Crippen LogP contribution in [0.5, 0.6) is 0 Å². The first-order chi connectivity index (χ1) is 12.7. The second-order valence-electron chi connectivity index (χ2n) is 6.63. The van der Waals surface area contributed by atoms with Gasteiger partial charge in [0.2, 0.25) is 0 Å². The summed E-state index contributed by atoms with van der Waals surface area (Å²) >= 11 is 2.98. The lowest BCUT2D eigenvalue weighted by Crippen LogP contribution is -2.33. The predicted molar refractivity (Wildman–Crippen MR) is 104 cm³/mol. The molecular formula is C18H20N4O2S2. The van der Waals surface area contributed by atoms with Crippen LogP contribution in [0.3, 0.4) is 0 Å². The fraction of sp³-hybridized carbons (Fsp3) is 0.389. The van der Waals surface area contributed by atoms with Crippen LogP contribution >= 0.6 is 22.7 Å². The summed E-state index contributed by atoms with van der Waals surface area (Å²) in [6.07, 6.45) is 2.55. The van der Waals surface area contributed by atoms with E-state index in [2.05, 4.69) is 27.3 Å². The minimum atomic E-state index is -0.302. The van der Waals surface area contributed by atoms with Crippen LogP contribution in [0.2, 0.25) is 0 Å². The van der Waals surface area contributed by atoms with E-state index in [-0.39, 0.29) is 11.6 Å². The molecule has 1 atom stereocenters. The molecule has 136 valence electrons. The Morgan fingerprint density at radius 2 is 2.38 bits per heavy atom. The molecule has 1 saturated heterocycles. The lowest BCUT2D eigenvalue weighted by molar-refractivity contribution is 0.101. The number of thiazole rings is 1. The van der Waals surface area contributed by atoms with E-state index >= 15 is 0 Å². The Bertz CT molecular complexity index is 872. The predicted octanol–water partition coefficient (Wildman–Crippen LogP) is 4.34. The lowest BCUT2D eigenvalue weighted by Gasteiger charge is -2.30. The van der Waals surface area contributed by atoms with E-state index in [0.717, 1.165) is 36.1 Å². The monoisotopic (exact) mass is 388 g/mol.